The van der Waals surface area contributed by atoms with Crippen LogP contribution in [-0.2, 0) is 0 Å². The van der Waals surface area contributed by atoms with Gasteiger partial charge < -0.3 is 16.1 Å². The first-order chi connectivity index (χ1) is 20.2. The highest BCUT2D eigenvalue weighted by molar-refractivity contribution is 5.99. The summed E-state index contributed by atoms with van der Waals surface area (Å²) in [7, 11) is 0. The van der Waals surface area contributed by atoms with Gasteiger partial charge in [0.25, 0.3) is 0 Å². The smallest absolute Gasteiger partial charge is 0.383 e. The van der Waals surface area contributed by atoms with Gasteiger partial charge in [-0.2, -0.15) is 27.2 Å². The van der Waals surface area contributed by atoms with Crippen LogP contribution in [0.25, 0.3) is 10.9 Å². The molecule has 1 aromatic carbocycles. The Hall–Kier alpha value is -4.62. The molecule has 1 atom stereocenters. The van der Waals surface area contributed by atoms with E-state index in [2.05, 4.69) is 43.6 Å². The molecule has 0 saturated heterocycles. The van der Waals surface area contributed by atoms with Crippen molar-refractivity contribution in [2.75, 3.05) is 17.2 Å². The Labute approximate surface area is 245 Å². The molecule has 5 rings (SSSR count). The zero-order valence-electron chi connectivity index (χ0n) is 23.8. The summed E-state index contributed by atoms with van der Waals surface area (Å²) in [6.45, 7) is 5.11. The molecule has 2 aromatic heterocycles. The first-order valence-electron chi connectivity index (χ1n) is 13.4. The number of nitrogens with one attached hydrogen (secondary N) is 4. The van der Waals surface area contributed by atoms with Crippen molar-refractivity contribution in [1.82, 2.24) is 25.9 Å². The number of anilines is 2. The number of terminal acetylenes is 1. The topological polar surface area (TPSA) is 101 Å². The minimum atomic E-state index is -4.50. The zero-order chi connectivity index (χ0) is 31.3. The van der Waals surface area contributed by atoms with Crippen LogP contribution in [0.2, 0.25) is 0 Å². The van der Waals surface area contributed by atoms with Crippen LogP contribution in [0.4, 0.5) is 33.3 Å². The number of alkyl halides is 3. The third kappa shape index (κ3) is 5.48. The molecule has 224 valence electrons. The van der Waals surface area contributed by atoms with Gasteiger partial charge in [0.2, 0.25) is 11.9 Å². The number of fused-ring (bicyclic) bond motifs is 1. The molecule has 3 aromatic rings. The van der Waals surface area contributed by atoms with Crippen LogP contribution in [0.15, 0.2) is 42.1 Å². The van der Waals surface area contributed by atoms with Crippen LogP contribution in [0, 0.1) is 42.0 Å². The Bertz CT molecular complexity index is 1710. The number of nitrogens with zero attached hydrogens (tertiary/aromatic N) is 4. The normalized spacial score (nSPS) is 16.9. The van der Waals surface area contributed by atoms with Crippen molar-refractivity contribution in [2.45, 2.75) is 58.3 Å². The molecule has 0 bridgehead atoms. The highest BCUT2D eigenvalue weighted by atomic mass is 19.4. The van der Waals surface area contributed by atoms with E-state index in [1.807, 2.05) is 6.92 Å². The van der Waals surface area contributed by atoms with Crippen molar-refractivity contribution in [1.29, 1.82) is 5.26 Å². The number of hydrazine groups is 2. The SMILES string of the molecule is C#Cc1cnc2c(C#N)cc(N[C@H](C3=C(F)N(C4(C)CC4)NN3)c3ccc(F)nc3C)cc2c1NCC(C)(C)C(F)(F)F. The molecule has 3 heterocycles. The van der Waals surface area contributed by atoms with Gasteiger partial charge >= 0.3 is 6.18 Å². The number of aromatic nitrogens is 2. The Morgan fingerprint density at radius 1 is 1.19 bits per heavy atom. The predicted molar refractivity (Wildman–Crippen MR) is 152 cm³/mol. The van der Waals surface area contributed by atoms with E-state index in [-0.39, 0.29) is 28.0 Å². The number of halogens is 5. The molecule has 2 aliphatic rings. The van der Waals surface area contributed by atoms with Gasteiger partial charge in [-0.05, 0) is 58.7 Å². The molecule has 0 unspecified atom stereocenters. The third-order valence-electron chi connectivity index (χ3n) is 7.96. The predicted octanol–water partition coefficient (Wildman–Crippen LogP) is 6.10. The average Bonchev–Trinajstić information content (AvgIpc) is 3.57. The average molecular weight is 597 g/mol. The molecule has 43 heavy (non-hydrogen) atoms. The Kier molecular flexibility index (Phi) is 7.35. The standard InChI is InChI=1S/C30H29F5N8/c1-6-17-14-37-24-18(13-36)11-19(12-21(24)23(17)38-15-28(3,4)30(33,34)35)40-25(20-7-8-22(31)39-16(20)2)26-27(32)43(42-41-26)29(5)9-10-29/h1,7-8,11-12,14,25,40-42H,9-10,15H2,2-5H3,(H,37,38)/t25-/m0/s1. The Morgan fingerprint density at radius 3 is 2.51 bits per heavy atom. The summed E-state index contributed by atoms with van der Waals surface area (Å²) >= 11 is 0. The van der Waals surface area contributed by atoms with E-state index < -0.39 is 41.6 Å². The minimum absolute atomic E-state index is 0.101. The zero-order valence-corrected chi connectivity index (χ0v) is 23.8. The van der Waals surface area contributed by atoms with Crippen LogP contribution in [-0.4, -0.2) is 33.2 Å². The van der Waals surface area contributed by atoms with E-state index in [0.717, 1.165) is 32.8 Å². The monoisotopic (exact) mass is 596 g/mol. The van der Waals surface area contributed by atoms with Crippen LogP contribution >= 0.6 is 0 Å². The second-order valence-electron chi connectivity index (χ2n) is 11.6. The molecule has 1 aliphatic carbocycles. The van der Waals surface area contributed by atoms with Crippen molar-refractivity contribution in [3.05, 3.63) is 70.4 Å². The van der Waals surface area contributed by atoms with E-state index in [4.69, 9.17) is 6.42 Å². The van der Waals surface area contributed by atoms with Crippen molar-refractivity contribution in [2.24, 2.45) is 5.41 Å². The van der Waals surface area contributed by atoms with Gasteiger partial charge in [0.15, 0.2) is 0 Å². The van der Waals surface area contributed by atoms with Gasteiger partial charge in [-0.15, -0.1) is 12.0 Å². The van der Waals surface area contributed by atoms with E-state index in [1.165, 1.54) is 23.3 Å². The number of hydrogen-bond donors (Lipinski definition) is 4. The molecule has 1 aliphatic heterocycles. The number of hydrogen-bond acceptors (Lipinski definition) is 8. The molecule has 4 N–H and O–H groups in total. The van der Waals surface area contributed by atoms with E-state index in [0.29, 0.717) is 22.3 Å². The molecule has 1 fully saturated rings. The summed E-state index contributed by atoms with van der Waals surface area (Å²) in [5, 5.41) is 17.7. The first kappa shape index (κ1) is 29.9. The van der Waals surface area contributed by atoms with Crippen molar-refractivity contribution >= 4 is 22.3 Å². The fourth-order valence-electron chi connectivity index (χ4n) is 4.80. The summed E-state index contributed by atoms with van der Waals surface area (Å²) < 4.78 is 70.7. The fourth-order valence-corrected chi connectivity index (χ4v) is 4.80. The van der Waals surface area contributed by atoms with E-state index in [1.54, 1.807) is 13.0 Å². The number of benzene rings is 1. The molecule has 8 nitrogen and oxygen atoms in total. The number of pyridine rings is 2. The van der Waals surface area contributed by atoms with Gasteiger partial charge in [-0.3, -0.25) is 9.99 Å². The second-order valence-corrected chi connectivity index (χ2v) is 11.6. The minimum Gasteiger partial charge on any atom is -0.383 e. The molecule has 13 heteroatoms. The molecular weight excluding hydrogens is 567 g/mol. The van der Waals surface area contributed by atoms with Crippen LogP contribution in [0.5, 0.6) is 0 Å². The fraction of sp³-hybridized carbons (Fsp3) is 0.367. The Morgan fingerprint density at radius 2 is 1.91 bits per heavy atom. The lowest BCUT2D eigenvalue weighted by Gasteiger charge is -2.29. The van der Waals surface area contributed by atoms with Crippen LogP contribution in [0.3, 0.4) is 0 Å². The lowest BCUT2D eigenvalue weighted by Crippen LogP contribution is -2.44. The number of nitriles is 1. The largest absolute Gasteiger partial charge is 0.395 e. The van der Waals surface area contributed by atoms with Gasteiger partial charge in [0.1, 0.15) is 11.8 Å². The maximum absolute atomic E-state index is 15.9. The van der Waals surface area contributed by atoms with Gasteiger partial charge in [-0.1, -0.05) is 12.0 Å². The lowest BCUT2D eigenvalue weighted by atomic mass is 9.92. The van der Waals surface area contributed by atoms with Gasteiger partial charge in [-0.25, -0.2) is 4.98 Å². The molecule has 1 saturated carbocycles. The molecule has 0 spiro atoms. The van der Waals surface area contributed by atoms with Crippen molar-refractivity contribution in [3.8, 4) is 18.4 Å². The molecule has 0 amide bonds. The maximum atomic E-state index is 15.9. The number of aryl methyl sites for hydroxylation is 1. The second kappa shape index (κ2) is 10.6. The molecule has 0 radical (unpaired) electrons. The molecular formula is C30H29F5N8. The summed E-state index contributed by atoms with van der Waals surface area (Å²) in [6.07, 6.45) is 4.05. The highest BCUT2D eigenvalue weighted by Gasteiger charge is 2.49. The van der Waals surface area contributed by atoms with Crippen LogP contribution < -0.4 is 21.6 Å². The summed E-state index contributed by atoms with van der Waals surface area (Å²) in [6, 6.07) is 6.84. The van der Waals surface area contributed by atoms with Crippen molar-refractivity contribution in [3.63, 3.8) is 0 Å². The maximum Gasteiger partial charge on any atom is 0.395 e. The van der Waals surface area contributed by atoms with E-state index >= 15 is 4.39 Å². The van der Waals surface area contributed by atoms with E-state index in [9.17, 15) is 22.8 Å². The van der Waals surface area contributed by atoms with Gasteiger partial charge in [0.05, 0.1) is 39.3 Å². The third-order valence-corrected chi connectivity index (χ3v) is 7.96. The summed E-state index contributed by atoms with van der Waals surface area (Å²) in [4.78, 5) is 8.21. The van der Waals surface area contributed by atoms with Crippen molar-refractivity contribution < 1.29 is 22.0 Å². The lowest BCUT2D eigenvalue weighted by molar-refractivity contribution is -0.206. The first-order valence-corrected chi connectivity index (χ1v) is 13.4. The summed E-state index contributed by atoms with van der Waals surface area (Å²) in [5.74, 6) is 1.16. The van der Waals surface area contributed by atoms with Gasteiger partial charge in [0, 0.05) is 35.1 Å². The number of rotatable bonds is 8. The van der Waals surface area contributed by atoms with Crippen LogP contribution in [0.1, 0.15) is 62.0 Å². The Balaban J connectivity index is 1.63. The quantitative estimate of drug-likeness (QED) is 0.107. The summed E-state index contributed by atoms with van der Waals surface area (Å²) in [5.41, 5.74) is 5.09. The highest BCUT2D eigenvalue weighted by Crippen LogP contribution is 2.45.